The van der Waals surface area contributed by atoms with Gasteiger partial charge in [0, 0.05) is 43.3 Å². The lowest BCUT2D eigenvalue weighted by atomic mass is 10.0. The van der Waals surface area contributed by atoms with E-state index >= 15 is 0 Å². The van der Waals surface area contributed by atoms with Crippen LogP contribution in [0.4, 0.5) is 0 Å². The molecule has 176 valence electrons. The van der Waals surface area contributed by atoms with Crippen LogP contribution in [0.25, 0.3) is 27.8 Å². The minimum absolute atomic E-state index is 0.0878. The lowest BCUT2D eigenvalue weighted by Gasteiger charge is -2.15. The molecule has 0 N–H and O–H groups in total. The van der Waals surface area contributed by atoms with Gasteiger partial charge in [0.15, 0.2) is 5.78 Å². The van der Waals surface area contributed by atoms with E-state index in [1.54, 1.807) is 23.4 Å². The predicted molar refractivity (Wildman–Crippen MR) is 131 cm³/mol. The van der Waals surface area contributed by atoms with Crippen LogP contribution >= 0.6 is 0 Å². The fourth-order valence-corrected chi connectivity index (χ4v) is 4.04. The molecule has 35 heavy (non-hydrogen) atoms. The van der Waals surface area contributed by atoms with Crippen LogP contribution in [-0.4, -0.2) is 49.3 Å². The second-order valence-corrected chi connectivity index (χ2v) is 8.20. The standard InChI is InChI=1S/C26H24N6O3/c1-16-11-28-19(13-27-16)8-23(33)26-24(34-3)9-20(10-25(26)35-4)32-15-29-21-7-17(5-6-22(21)32)18-12-30-31(2)14-18/h5-7,9-15H,8H2,1-4H3. The highest BCUT2D eigenvalue weighted by molar-refractivity contribution is 6.02. The number of aromatic nitrogens is 6. The van der Waals surface area contributed by atoms with Crippen molar-refractivity contribution in [2.24, 2.45) is 7.05 Å². The molecule has 0 unspecified atom stereocenters. The van der Waals surface area contributed by atoms with Crippen LogP contribution in [0.2, 0.25) is 0 Å². The van der Waals surface area contributed by atoms with Gasteiger partial charge in [-0.3, -0.25) is 24.0 Å². The number of fused-ring (bicyclic) bond motifs is 1. The van der Waals surface area contributed by atoms with Crippen LogP contribution in [0.1, 0.15) is 21.7 Å². The average Bonchev–Trinajstić information content (AvgIpc) is 3.50. The number of rotatable bonds is 7. The maximum Gasteiger partial charge on any atom is 0.176 e. The summed E-state index contributed by atoms with van der Waals surface area (Å²) in [6.45, 7) is 1.85. The number of Topliss-reactive ketones (excluding diaryl/α,β-unsaturated/α-hetero) is 1. The lowest BCUT2D eigenvalue weighted by Crippen LogP contribution is -2.10. The molecule has 9 heteroatoms. The fourth-order valence-electron chi connectivity index (χ4n) is 4.04. The van der Waals surface area contributed by atoms with Crippen molar-refractivity contribution in [3.05, 3.63) is 78.4 Å². The lowest BCUT2D eigenvalue weighted by molar-refractivity contribution is 0.0985. The van der Waals surface area contributed by atoms with Crippen molar-refractivity contribution in [1.82, 2.24) is 29.3 Å². The summed E-state index contributed by atoms with van der Waals surface area (Å²) in [7, 11) is 4.96. The zero-order valence-corrected chi connectivity index (χ0v) is 19.9. The minimum Gasteiger partial charge on any atom is -0.496 e. The Balaban J connectivity index is 1.53. The summed E-state index contributed by atoms with van der Waals surface area (Å²) < 4.78 is 14.9. The van der Waals surface area contributed by atoms with Gasteiger partial charge in [-0.2, -0.15) is 5.10 Å². The molecule has 0 fully saturated rings. The monoisotopic (exact) mass is 468 g/mol. The van der Waals surface area contributed by atoms with Gasteiger partial charge in [0.05, 0.1) is 54.9 Å². The smallest absolute Gasteiger partial charge is 0.176 e. The van der Waals surface area contributed by atoms with E-state index in [0.717, 1.165) is 33.5 Å². The van der Waals surface area contributed by atoms with Gasteiger partial charge in [-0.15, -0.1) is 0 Å². The Morgan fingerprint density at radius 2 is 1.71 bits per heavy atom. The van der Waals surface area contributed by atoms with Crippen molar-refractivity contribution >= 4 is 16.8 Å². The molecular formula is C26H24N6O3. The normalized spacial score (nSPS) is 11.1. The Morgan fingerprint density at radius 3 is 2.34 bits per heavy atom. The van der Waals surface area contributed by atoms with E-state index in [4.69, 9.17) is 9.47 Å². The first-order valence-corrected chi connectivity index (χ1v) is 11.0. The van der Waals surface area contributed by atoms with E-state index < -0.39 is 0 Å². The third kappa shape index (κ3) is 4.23. The molecule has 3 aromatic heterocycles. The zero-order chi connectivity index (χ0) is 24.5. The van der Waals surface area contributed by atoms with Crippen molar-refractivity contribution in [2.75, 3.05) is 14.2 Å². The van der Waals surface area contributed by atoms with Gasteiger partial charge in [-0.25, -0.2) is 4.98 Å². The third-order valence-electron chi connectivity index (χ3n) is 5.81. The molecule has 5 aromatic rings. The summed E-state index contributed by atoms with van der Waals surface area (Å²) in [5.74, 6) is 0.663. The first-order chi connectivity index (χ1) is 17.0. The SMILES string of the molecule is COc1cc(-n2cnc3cc(-c4cnn(C)c4)ccc32)cc(OC)c1C(=O)Cc1cnc(C)cn1. The van der Waals surface area contributed by atoms with E-state index in [1.807, 2.05) is 61.3 Å². The van der Waals surface area contributed by atoms with Gasteiger partial charge >= 0.3 is 0 Å². The number of carbonyl (C=O) groups excluding carboxylic acids is 1. The first kappa shape index (κ1) is 22.3. The highest BCUT2D eigenvalue weighted by atomic mass is 16.5. The molecule has 5 rings (SSSR count). The maximum absolute atomic E-state index is 13.2. The Hall–Kier alpha value is -4.53. The summed E-state index contributed by atoms with van der Waals surface area (Å²) >= 11 is 0. The van der Waals surface area contributed by atoms with Crippen molar-refractivity contribution in [3.63, 3.8) is 0 Å². The quantitative estimate of drug-likeness (QED) is 0.334. The maximum atomic E-state index is 13.2. The second kappa shape index (κ2) is 9.02. The van der Waals surface area contributed by atoms with Crippen LogP contribution in [0.5, 0.6) is 11.5 Å². The van der Waals surface area contributed by atoms with E-state index in [2.05, 4.69) is 20.1 Å². The van der Waals surface area contributed by atoms with Crippen LogP contribution in [-0.2, 0) is 13.5 Å². The highest BCUT2D eigenvalue weighted by Crippen LogP contribution is 2.35. The molecule has 2 aromatic carbocycles. The van der Waals surface area contributed by atoms with Gasteiger partial charge in [0.2, 0.25) is 0 Å². The second-order valence-electron chi connectivity index (χ2n) is 8.20. The molecule has 0 saturated heterocycles. The van der Waals surface area contributed by atoms with E-state index in [1.165, 1.54) is 14.2 Å². The summed E-state index contributed by atoms with van der Waals surface area (Å²) in [5.41, 5.74) is 6.31. The van der Waals surface area contributed by atoms with Gasteiger partial charge in [-0.1, -0.05) is 6.07 Å². The fraction of sp³-hybridized carbons (Fsp3) is 0.192. The zero-order valence-electron chi connectivity index (χ0n) is 19.9. The van der Waals surface area contributed by atoms with Crippen molar-refractivity contribution in [3.8, 4) is 28.3 Å². The number of hydrogen-bond donors (Lipinski definition) is 0. The average molecular weight is 469 g/mol. The number of methoxy groups -OCH3 is 2. The molecule has 0 aliphatic rings. The van der Waals surface area contributed by atoms with Crippen LogP contribution in [0.15, 0.2) is 61.4 Å². The Kier molecular flexibility index (Phi) is 5.74. The molecule has 0 amide bonds. The van der Waals surface area contributed by atoms with Crippen molar-refractivity contribution in [1.29, 1.82) is 0 Å². The van der Waals surface area contributed by atoms with E-state index in [0.29, 0.717) is 22.8 Å². The van der Waals surface area contributed by atoms with Gasteiger partial charge in [0.25, 0.3) is 0 Å². The number of ketones is 1. The van der Waals surface area contributed by atoms with E-state index in [-0.39, 0.29) is 12.2 Å². The molecule has 0 aliphatic heterocycles. The number of hydrogen-bond acceptors (Lipinski definition) is 7. The number of aryl methyl sites for hydroxylation is 2. The molecule has 0 atom stereocenters. The predicted octanol–water partition coefficient (Wildman–Crippen LogP) is 3.97. The molecule has 9 nitrogen and oxygen atoms in total. The molecule has 0 spiro atoms. The number of nitrogens with zero attached hydrogens (tertiary/aromatic N) is 6. The number of imidazole rings is 1. The van der Waals surface area contributed by atoms with Gasteiger partial charge < -0.3 is 9.47 Å². The summed E-state index contributed by atoms with van der Waals surface area (Å²) in [6, 6.07) is 9.70. The first-order valence-electron chi connectivity index (χ1n) is 11.0. The van der Waals surface area contributed by atoms with Crippen LogP contribution in [0, 0.1) is 6.92 Å². The Labute approximate surface area is 202 Å². The highest BCUT2D eigenvalue weighted by Gasteiger charge is 2.22. The van der Waals surface area contributed by atoms with Crippen molar-refractivity contribution in [2.45, 2.75) is 13.3 Å². The Morgan fingerprint density at radius 1 is 0.943 bits per heavy atom. The van der Waals surface area contributed by atoms with Gasteiger partial charge in [0.1, 0.15) is 23.4 Å². The molecule has 0 bridgehead atoms. The summed E-state index contributed by atoms with van der Waals surface area (Å²) in [5, 5.41) is 4.24. The summed E-state index contributed by atoms with van der Waals surface area (Å²) in [6.07, 6.45) is 8.87. The van der Waals surface area contributed by atoms with Gasteiger partial charge in [-0.05, 0) is 24.6 Å². The largest absolute Gasteiger partial charge is 0.496 e. The third-order valence-corrected chi connectivity index (χ3v) is 5.81. The molecule has 3 heterocycles. The van der Waals surface area contributed by atoms with Crippen LogP contribution < -0.4 is 9.47 Å². The molecule has 0 saturated carbocycles. The Bertz CT molecular complexity index is 1510. The van der Waals surface area contributed by atoms with Crippen molar-refractivity contribution < 1.29 is 14.3 Å². The van der Waals surface area contributed by atoms with Crippen LogP contribution in [0.3, 0.4) is 0 Å². The number of ether oxygens (including phenoxy) is 2. The van der Waals surface area contributed by atoms with E-state index in [9.17, 15) is 4.79 Å². The number of carbonyl (C=O) groups is 1. The molecule has 0 aliphatic carbocycles. The minimum atomic E-state index is -0.167. The molecule has 0 radical (unpaired) electrons. The molecular weight excluding hydrogens is 444 g/mol. The topological polar surface area (TPSA) is 96.9 Å². The summed E-state index contributed by atoms with van der Waals surface area (Å²) in [4.78, 5) is 26.3. The number of benzene rings is 2.